The van der Waals surface area contributed by atoms with Crippen molar-refractivity contribution in [1.29, 1.82) is 0 Å². The van der Waals surface area contributed by atoms with Gasteiger partial charge in [0.1, 0.15) is 11.6 Å². The smallest absolute Gasteiger partial charge is 0.224 e. The monoisotopic (exact) mass is 335 g/mol. The van der Waals surface area contributed by atoms with Crippen LogP contribution in [-0.2, 0) is 6.54 Å². The van der Waals surface area contributed by atoms with Gasteiger partial charge in [0.2, 0.25) is 5.95 Å². The molecule has 25 heavy (non-hydrogen) atoms. The number of pyridine rings is 1. The Hall–Kier alpha value is -3.15. The first-order valence-electron chi connectivity index (χ1n) is 8.19. The van der Waals surface area contributed by atoms with Crippen LogP contribution in [0.15, 0.2) is 61.1 Å². The van der Waals surface area contributed by atoms with E-state index in [1.54, 1.807) is 12.4 Å². The van der Waals surface area contributed by atoms with Crippen LogP contribution in [0.3, 0.4) is 0 Å². The third-order valence-corrected chi connectivity index (χ3v) is 3.34. The number of para-hydroxylation sites is 2. The maximum absolute atomic E-state index is 5.82. The normalized spacial score (nSPS) is 10.5. The van der Waals surface area contributed by atoms with Gasteiger partial charge in [-0.25, -0.2) is 4.98 Å². The van der Waals surface area contributed by atoms with Crippen molar-refractivity contribution in [3.63, 3.8) is 0 Å². The maximum Gasteiger partial charge on any atom is 0.224 e. The number of nitrogens with one attached hydrogen (secondary N) is 2. The molecule has 0 aliphatic carbocycles. The van der Waals surface area contributed by atoms with E-state index >= 15 is 0 Å². The summed E-state index contributed by atoms with van der Waals surface area (Å²) in [6.07, 6.45) is 5.38. The highest BCUT2D eigenvalue weighted by Crippen LogP contribution is 2.27. The van der Waals surface area contributed by atoms with E-state index in [9.17, 15) is 0 Å². The van der Waals surface area contributed by atoms with Gasteiger partial charge >= 0.3 is 0 Å². The molecule has 2 aromatic heterocycles. The van der Waals surface area contributed by atoms with Gasteiger partial charge in [0, 0.05) is 25.1 Å². The van der Waals surface area contributed by atoms with Crippen molar-refractivity contribution in [2.45, 2.75) is 26.5 Å². The van der Waals surface area contributed by atoms with Gasteiger partial charge in [-0.3, -0.25) is 4.98 Å². The molecule has 3 aromatic rings. The fourth-order valence-electron chi connectivity index (χ4n) is 2.26. The Morgan fingerprint density at radius 2 is 1.92 bits per heavy atom. The SMILES string of the molecule is CC(C)Oc1ccccc1Nc1ccnc(NCc2cccnc2)n1. The van der Waals surface area contributed by atoms with E-state index < -0.39 is 0 Å². The molecule has 128 valence electrons. The first-order chi connectivity index (χ1) is 12.2. The van der Waals surface area contributed by atoms with Crippen molar-refractivity contribution < 1.29 is 4.74 Å². The summed E-state index contributed by atoms with van der Waals surface area (Å²) in [6.45, 7) is 4.62. The molecule has 0 aliphatic heterocycles. The Morgan fingerprint density at radius 1 is 1.04 bits per heavy atom. The molecule has 0 atom stereocenters. The molecule has 0 unspecified atom stereocenters. The van der Waals surface area contributed by atoms with E-state index in [2.05, 4.69) is 25.6 Å². The molecule has 0 spiro atoms. The van der Waals surface area contributed by atoms with Gasteiger partial charge in [-0.15, -0.1) is 0 Å². The first-order valence-corrected chi connectivity index (χ1v) is 8.19. The number of rotatable bonds is 7. The van der Waals surface area contributed by atoms with Crippen molar-refractivity contribution in [3.8, 4) is 5.75 Å². The Balaban J connectivity index is 1.70. The second-order valence-electron chi connectivity index (χ2n) is 5.77. The average Bonchev–Trinajstić information content (AvgIpc) is 2.62. The van der Waals surface area contributed by atoms with Crippen LogP contribution in [0, 0.1) is 0 Å². The number of hydrogen-bond acceptors (Lipinski definition) is 6. The predicted octanol–water partition coefficient (Wildman–Crippen LogP) is 4.01. The summed E-state index contributed by atoms with van der Waals surface area (Å²) in [5.41, 5.74) is 1.94. The fourth-order valence-corrected chi connectivity index (χ4v) is 2.26. The van der Waals surface area contributed by atoms with Crippen molar-refractivity contribution in [2.75, 3.05) is 10.6 Å². The number of aromatic nitrogens is 3. The molecule has 0 saturated heterocycles. The zero-order chi connectivity index (χ0) is 17.5. The van der Waals surface area contributed by atoms with E-state index in [1.807, 2.05) is 62.5 Å². The molecule has 0 aliphatic rings. The zero-order valence-corrected chi connectivity index (χ0v) is 14.3. The molecule has 3 rings (SSSR count). The molecular formula is C19H21N5O. The number of anilines is 3. The molecule has 6 heteroatoms. The van der Waals surface area contributed by atoms with Crippen molar-refractivity contribution in [1.82, 2.24) is 15.0 Å². The molecule has 0 radical (unpaired) electrons. The third kappa shape index (κ3) is 4.91. The van der Waals surface area contributed by atoms with Crippen LogP contribution >= 0.6 is 0 Å². The van der Waals surface area contributed by atoms with Gasteiger partial charge in [-0.05, 0) is 43.7 Å². The van der Waals surface area contributed by atoms with E-state index in [-0.39, 0.29) is 6.10 Å². The van der Waals surface area contributed by atoms with E-state index in [0.717, 1.165) is 17.0 Å². The topological polar surface area (TPSA) is 72.0 Å². The molecule has 2 N–H and O–H groups in total. The predicted molar refractivity (Wildman–Crippen MR) is 99.1 cm³/mol. The average molecular weight is 335 g/mol. The van der Waals surface area contributed by atoms with Crippen LogP contribution < -0.4 is 15.4 Å². The number of hydrogen-bond donors (Lipinski definition) is 2. The first kappa shape index (κ1) is 16.7. The Morgan fingerprint density at radius 3 is 2.72 bits per heavy atom. The van der Waals surface area contributed by atoms with Crippen LogP contribution in [0.25, 0.3) is 0 Å². The lowest BCUT2D eigenvalue weighted by Gasteiger charge is -2.15. The van der Waals surface area contributed by atoms with Gasteiger partial charge in [0.15, 0.2) is 0 Å². The second-order valence-corrected chi connectivity index (χ2v) is 5.77. The van der Waals surface area contributed by atoms with Crippen molar-refractivity contribution in [2.24, 2.45) is 0 Å². The summed E-state index contributed by atoms with van der Waals surface area (Å²) in [5.74, 6) is 2.04. The molecule has 0 saturated carbocycles. The highest BCUT2D eigenvalue weighted by molar-refractivity contribution is 5.64. The maximum atomic E-state index is 5.82. The minimum atomic E-state index is 0.102. The number of benzene rings is 1. The minimum Gasteiger partial charge on any atom is -0.489 e. The zero-order valence-electron chi connectivity index (χ0n) is 14.3. The molecule has 0 fully saturated rings. The fraction of sp³-hybridized carbons (Fsp3) is 0.211. The van der Waals surface area contributed by atoms with Crippen LogP contribution in [0.2, 0.25) is 0 Å². The van der Waals surface area contributed by atoms with E-state index in [1.165, 1.54) is 0 Å². The second kappa shape index (κ2) is 8.10. The van der Waals surface area contributed by atoms with Crippen LogP contribution in [0.5, 0.6) is 5.75 Å². The number of nitrogens with zero attached hydrogens (tertiary/aromatic N) is 3. The molecule has 6 nitrogen and oxygen atoms in total. The summed E-state index contributed by atoms with van der Waals surface area (Å²) in [4.78, 5) is 12.8. The summed E-state index contributed by atoms with van der Waals surface area (Å²) in [7, 11) is 0. The molecule has 2 heterocycles. The summed E-state index contributed by atoms with van der Waals surface area (Å²) < 4.78 is 5.82. The van der Waals surface area contributed by atoms with Crippen molar-refractivity contribution >= 4 is 17.5 Å². The molecule has 1 aromatic carbocycles. The van der Waals surface area contributed by atoms with E-state index in [4.69, 9.17) is 4.74 Å². The van der Waals surface area contributed by atoms with E-state index in [0.29, 0.717) is 18.3 Å². The van der Waals surface area contributed by atoms with Gasteiger partial charge in [0.25, 0.3) is 0 Å². The van der Waals surface area contributed by atoms with Gasteiger partial charge in [-0.1, -0.05) is 18.2 Å². The Bertz CT molecular complexity index is 808. The summed E-state index contributed by atoms with van der Waals surface area (Å²) >= 11 is 0. The van der Waals surface area contributed by atoms with Gasteiger partial charge in [-0.2, -0.15) is 4.98 Å². The quantitative estimate of drug-likeness (QED) is 0.679. The van der Waals surface area contributed by atoms with Crippen molar-refractivity contribution in [3.05, 3.63) is 66.6 Å². The van der Waals surface area contributed by atoms with Gasteiger partial charge < -0.3 is 15.4 Å². The molecule has 0 bridgehead atoms. The molecular weight excluding hydrogens is 314 g/mol. The summed E-state index contributed by atoms with van der Waals surface area (Å²) in [6, 6.07) is 13.5. The lowest BCUT2D eigenvalue weighted by atomic mass is 10.3. The van der Waals surface area contributed by atoms with Crippen LogP contribution in [0.4, 0.5) is 17.5 Å². The highest BCUT2D eigenvalue weighted by atomic mass is 16.5. The highest BCUT2D eigenvalue weighted by Gasteiger charge is 2.07. The van der Waals surface area contributed by atoms with Crippen LogP contribution in [0.1, 0.15) is 19.4 Å². The number of ether oxygens (including phenoxy) is 1. The molecule has 0 amide bonds. The Labute approximate surface area is 147 Å². The third-order valence-electron chi connectivity index (χ3n) is 3.34. The lowest BCUT2D eigenvalue weighted by molar-refractivity contribution is 0.244. The van der Waals surface area contributed by atoms with Gasteiger partial charge in [0.05, 0.1) is 11.8 Å². The minimum absolute atomic E-state index is 0.102. The Kier molecular flexibility index (Phi) is 5.41. The standard InChI is InChI=1S/C19H21N5O/c1-14(2)25-17-8-4-3-7-16(17)23-18-9-11-21-19(24-18)22-13-15-6-5-10-20-12-15/h3-12,14H,13H2,1-2H3,(H2,21,22,23,24). The lowest BCUT2D eigenvalue weighted by Crippen LogP contribution is -2.08. The summed E-state index contributed by atoms with van der Waals surface area (Å²) in [5, 5.41) is 6.49. The largest absolute Gasteiger partial charge is 0.489 e. The van der Waals surface area contributed by atoms with Crippen LogP contribution in [-0.4, -0.2) is 21.1 Å².